The van der Waals surface area contributed by atoms with Crippen molar-refractivity contribution in [3.63, 3.8) is 0 Å². The Hall–Kier alpha value is -3.81. The van der Waals surface area contributed by atoms with Crippen molar-refractivity contribution in [2.75, 3.05) is 10.6 Å². The second-order valence-corrected chi connectivity index (χ2v) is 10.7. The van der Waals surface area contributed by atoms with E-state index >= 15 is 0 Å². The number of fused-ring (bicyclic) bond motifs is 1. The third-order valence-corrected chi connectivity index (χ3v) is 6.89. The van der Waals surface area contributed by atoms with Crippen LogP contribution < -0.4 is 16.0 Å². The molecule has 4 aromatic rings. The van der Waals surface area contributed by atoms with Gasteiger partial charge in [-0.15, -0.1) is 0 Å². The number of aromatic nitrogens is 1. The first-order valence-electron chi connectivity index (χ1n) is 12.6. The Labute approximate surface area is 237 Å². The lowest BCUT2D eigenvalue weighted by atomic mass is 10.1. The van der Waals surface area contributed by atoms with E-state index in [0.717, 1.165) is 16.5 Å². The minimum atomic E-state index is -0.378. The third-order valence-electron chi connectivity index (χ3n) is 6.23. The van der Waals surface area contributed by atoms with Crippen LogP contribution in [-0.4, -0.2) is 22.3 Å². The molecule has 0 saturated carbocycles. The van der Waals surface area contributed by atoms with E-state index in [9.17, 15) is 14.4 Å². The predicted octanol–water partition coefficient (Wildman–Crippen LogP) is 7.31. The molecule has 0 radical (unpaired) electrons. The number of hydrogen-bond acceptors (Lipinski definition) is 3. The highest BCUT2D eigenvalue weighted by molar-refractivity contribution is 6.34. The van der Waals surface area contributed by atoms with Gasteiger partial charge in [0.1, 0.15) is 5.69 Å². The van der Waals surface area contributed by atoms with E-state index in [-0.39, 0.29) is 29.7 Å². The summed E-state index contributed by atoms with van der Waals surface area (Å²) in [6.45, 7) is 7.93. The van der Waals surface area contributed by atoms with Gasteiger partial charge in [-0.3, -0.25) is 14.4 Å². The fourth-order valence-electron chi connectivity index (χ4n) is 4.24. The second-order valence-electron chi connectivity index (χ2n) is 9.84. The van der Waals surface area contributed by atoms with Gasteiger partial charge in [0.15, 0.2) is 0 Å². The zero-order chi connectivity index (χ0) is 28.3. The van der Waals surface area contributed by atoms with Crippen molar-refractivity contribution in [2.45, 2.75) is 40.3 Å². The third kappa shape index (κ3) is 6.44. The molecule has 0 unspecified atom stereocenters. The number of amides is 3. The predicted molar refractivity (Wildman–Crippen MR) is 158 cm³/mol. The highest BCUT2D eigenvalue weighted by Gasteiger charge is 2.20. The Balaban J connectivity index is 1.58. The number of para-hydroxylation sites is 1. The number of carbonyl (C=O) groups is 3. The summed E-state index contributed by atoms with van der Waals surface area (Å²) in [4.78, 5) is 38.3. The molecule has 0 fully saturated rings. The first kappa shape index (κ1) is 28.2. The van der Waals surface area contributed by atoms with E-state index in [1.807, 2.05) is 44.4 Å². The van der Waals surface area contributed by atoms with Crippen molar-refractivity contribution in [1.29, 1.82) is 0 Å². The molecule has 1 heterocycles. The summed E-state index contributed by atoms with van der Waals surface area (Å²) < 4.78 is 1.94. The molecule has 0 aliphatic rings. The summed E-state index contributed by atoms with van der Waals surface area (Å²) in [6.07, 6.45) is 0. The average molecular weight is 566 g/mol. The summed E-state index contributed by atoms with van der Waals surface area (Å²) in [7, 11) is 0. The van der Waals surface area contributed by atoms with Crippen LogP contribution >= 0.6 is 23.2 Å². The molecule has 9 heteroatoms. The minimum Gasteiger partial charge on any atom is -0.352 e. The molecule has 0 aliphatic heterocycles. The van der Waals surface area contributed by atoms with Crippen LogP contribution in [0, 0.1) is 5.92 Å². The normalized spacial score (nSPS) is 11.2. The largest absolute Gasteiger partial charge is 0.352 e. The molecular weight excluding hydrogens is 535 g/mol. The van der Waals surface area contributed by atoms with Gasteiger partial charge in [-0.2, -0.15) is 0 Å². The number of rotatable bonds is 8. The Kier molecular flexibility index (Phi) is 8.63. The summed E-state index contributed by atoms with van der Waals surface area (Å²) >= 11 is 12.6. The molecule has 0 saturated heterocycles. The van der Waals surface area contributed by atoms with Crippen molar-refractivity contribution >= 4 is 63.2 Å². The van der Waals surface area contributed by atoms with Crippen LogP contribution in [0.25, 0.3) is 10.9 Å². The summed E-state index contributed by atoms with van der Waals surface area (Å²) in [5, 5.41) is 10.2. The standard InChI is InChI=1S/C30H30Cl2N4O3/c1-17(2)28(37)33-16-19-9-11-23(31)22(13-19)29(38)34-21-10-12-26-20(14-21)15-27(36(26)18(3)4)30(39)35-25-8-6-5-7-24(25)32/h5-15,17-18H,16H2,1-4H3,(H,33,37)(H,34,38)(H,35,39). The maximum atomic E-state index is 13.2. The first-order chi connectivity index (χ1) is 18.5. The molecule has 1 aromatic heterocycles. The topological polar surface area (TPSA) is 92.2 Å². The molecule has 0 bridgehead atoms. The summed E-state index contributed by atoms with van der Waals surface area (Å²) in [5.41, 5.74) is 3.47. The van der Waals surface area contributed by atoms with Crippen molar-refractivity contribution in [1.82, 2.24) is 9.88 Å². The molecule has 0 atom stereocenters. The van der Waals surface area contributed by atoms with E-state index in [1.165, 1.54) is 0 Å². The quantitative estimate of drug-likeness (QED) is 0.209. The Morgan fingerprint density at radius 2 is 1.56 bits per heavy atom. The molecule has 3 amide bonds. The second kappa shape index (κ2) is 11.9. The van der Waals surface area contributed by atoms with Gasteiger partial charge in [0.2, 0.25) is 5.91 Å². The van der Waals surface area contributed by atoms with Crippen LogP contribution in [0.4, 0.5) is 11.4 Å². The van der Waals surface area contributed by atoms with Gasteiger partial charge in [-0.1, -0.05) is 55.2 Å². The van der Waals surface area contributed by atoms with Crippen LogP contribution in [0.15, 0.2) is 66.7 Å². The summed E-state index contributed by atoms with van der Waals surface area (Å²) in [6, 6.07) is 19.4. The molecule has 7 nitrogen and oxygen atoms in total. The number of nitrogens with one attached hydrogen (secondary N) is 3. The van der Waals surface area contributed by atoms with Crippen LogP contribution in [0.5, 0.6) is 0 Å². The number of halogens is 2. The van der Waals surface area contributed by atoms with Crippen LogP contribution in [0.1, 0.15) is 60.1 Å². The number of carbonyl (C=O) groups excluding carboxylic acids is 3. The van der Waals surface area contributed by atoms with E-state index in [1.54, 1.807) is 54.6 Å². The lowest BCUT2D eigenvalue weighted by Gasteiger charge is -2.15. The molecule has 39 heavy (non-hydrogen) atoms. The van der Waals surface area contributed by atoms with Gasteiger partial charge >= 0.3 is 0 Å². The van der Waals surface area contributed by atoms with Gasteiger partial charge in [-0.25, -0.2) is 0 Å². The molecule has 0 aliphatic carbocycles. The number of hydrogen-bond donors (Lipinski definition) is 3. The van der Waals surface area contributed by atoms with Crippen LogP contribution in [-0.2, 0) is 11.3 Å². The van der Waals surface area contributed by atoms with Gasteiger partial charge in [0, 0.05) is 35.1 Å². The van der Waals surface area contributed by atoms with Crippen LogP contribution in [0.3, 0.4) is 0 Å². The average Bonchev–Trinajstić information content (AvgIpc) is 3.28. The van der Waals surface area contributed by atoms with E-state index < -0.39 is 0 Å². The smallest absolute Gasteiger partial charge is 0.272 e. The maximum absolute atomic E-state index is 13.2. The number of nitrogens with zero attached hydrogens (tertiary/aromatic N) is 1. The number of anilines is 2. The van der Waals surface area contributed by atoms with Gasteiger partial charge < -0.3 is 20.5 Å². The highest BCUT2D eigenvalue weighted by atomic mass is 35.5. The fraction of sp³-hybridized carbons (Fsp3) is 0.233. The van der Waals surface area contributed by atoms with Gasteiger partial charge in [0.05, 0.1) is 21.3 Å². The van der Waals surface area contributed by atoms with Crippen LogP contribution in [0.2, 0.25) is 10.0 Å². The lowest BCUT2D eigenvalue weighted by molar-refractivity contribution is -0.124. The Morgan fingerprint density at radius 3 is 2.26 bits per heavy atom. The lowest BCUT2D eigenvalue weighted by Crippen LogP contribution is -2.27. The molecular formula is C30H30Cl2N4O3. The highest BCUT2D eigenvalue weighted by Crippen LogP contribution is 2.29. The summed E-state index contributed by atoms with van der Waals surface area (Å²) in [5.74, 6) is -0.871. The van der Waals surface area contributed by atoms with Crippen molar-refractivity contribution in [3.05, 3.63) is 93.6 Å². The zero-order valence-electron chi connectivity index (χ0n) is 22.1. The first-order valence-corrected chi connectivity index (χ1v) is 13.4. The van der Waals surface area contributed by atoms with Gasteiger partial charge in [-0.05, 0) is 67.9 Å². The van der Waals surface area contributed by atoms with E-state index in [0.29, 0.717) is 39.2 Å². The van der Waals surface area contributed by atoms with E-state index in [2.05, 4.69) is 16.0 Å². The SMILES string of the molecule is CC(C)C(=O)NCc1ccc(Cl)c(C(=O)Nc2ccc3c(c2)cc(C(=O)Nc2ccccc2Cl)n3C(C)C)c1. The van der Waals surface area contributed by atoms with Crippen molar-refractivity contribution in [3.8, 4) is 0 Å². The van der Waals surface area contributed by atoms with Crippen molar-refractivity contribution < 1.29 is 14.4 Å². The Bertz CT molecular complexity index is 1560. The zero-order valence-corrected chi connectivity index (χ0v) is 23.7. The van der Waals surface area contributed by atoms with Gasteiger partial charge in [0.25, 0.3) is 11.8 Å². The number of benzene rings is 3. The van der Waals surface area contributed by atoms with Crippen molar-refractivity contribution in [2.24, 2.45) is 5.92 Å². The molecule has 0 spiro atoms. The Morgan fingerprint density at radius 1 is 0.821 bits per heavy atom. The minimum absolute atomic E-state index is 0.00710. The molecule has 202 valence electrons. The molecule has 3 N–H and O–H groups in total. The van der Waals surface area contributed by atoms with E-state index in [4.69, 9.17) is 23.2 Å². The molecule has 3 aromatic carbocycles. The molecule has 4 rings (SSSR count). The maximum Gasteiger partial charge on any atom is 0.272 e. The monoisotopic (exact) mass is 564 g/mol. The fourth-order valence-corrected chi connectivity index (χ4v) is 4.63.